The van der Waals surface area contributed by atoms with Crippen LogP contribution in [0, 0.1) is 0 Å². The molecule has 5 rings (SSSR count). The molecule has 0 unspecified atom stereocenters. The third-order valence-corrected chi connectivity index (χ3v) is 6.27. The molecule has 10 heteroatoms. The lowest BCUT2D eigenvalue weighted by atomic mass is 9.96. The lowest BCUT2D eigenvalue weighted by Gasteiger charge is -2.44. The highest BCUT2D eigenvalue weighted by molar-refractivity contribution is 5.92. The Morgan fingerprint density at radius 3 is 2.31 bits per heavy atom. The summed E-state index contributed by atoms with van der Waals surface area (Å²) in [5.41, 5.74) is 0.965. The highest BCUT2D eigenvalue weighted by Crippen LogP contribution is 2.25. The third-order valence-electron chi connectivity index (χ3n) is 6.27. The molecule has 0 aromatic carbocycles. The van der Waals surface area contributed by atoms with Gasteiger partial charge in [0.05, 0.1) is 6.04 Å². The number of nitrogens with zero attached hydrogens (tertiary/aromatic N) is 9. The first kappa shape index (κ1) is 20.6. The highest BCUT2D eigenvalue weighted by Gasteiger charge is 2.34. The Morgan fingerprint density at radius 1 is 0.938 bits per heavy atom. The van der Waals surface area contributed by atoms with Crippen LogP contribution in [0.4, 0.5) is 11.6 Å². The normalized spacial score (nSPS) is 17.1. The molecular weight excluding hydrogens is 406 g/mol. The van der Waals surface area contributed by atoms with Gasteiger partial charge < -0.3 is 14.7 Å². The molecule has 0 radical (unpaired) electrons. The molecule has 2 aliphatic rings. The maximum atomic E-state index is 12.9. The van der Waals surface area contributed by atoms with E-state index in [-0.39, 0.29) is 17.4 Å². The van der Waals surface area contributed by atoms with Crippen molar-refractivity contribution >= 4 is 23.2 Å². The van der Waals surface area contributed by atoms with Crippen LogP contribution in [0.5, 0.6) is 0 Å². The summed E-state index contributed by atoms with van der Waals surface area (Å²) >= 11 is 0. The summed E-state index contributed by atoms with van der Waals surface area (Å²) in [4.78, 5) is 19.0. The molecule has 0 bridgehead atoms. The van der Waals surface area contributed by atoms with Crippen LogP contribution in [-0.4, -0.2) is 80.1 Å². The SMILES string of the molecule is CN(C(=O)c1ccc(N2CCCC2)nn1)C1CN(c2ccc3nnc(C(C)(C)C)n3n2)C1. The molecule has 0 saturated carbocycles. The van der Waals surface area contributed by atoms with Crippen LogP contribution >= 0.6 is 0 Å². The van der Waals surface area contributed by atoms with Crippen LogP contribution in [0.2, 0.25) is 0 Å². The van der Waals surface area contributed by atoms with Crippen molar-refractivity contribution in [2.45, 2.75) is 45.1 Å². The Bertz CT molecular complexity index is 1120. The fourth-order valence-corrected chi connectivity index (χ4v) is 4.20. The predicted molar refractivity (Wildman–Crippen MR) is 121 cm³/mol. The first-order valence-corrected chi connectivity index (χ1v) is 11.1. The van der Waals surface area contributed by atoms with E-state index in [0.29, 0.717) is 18.8 Å². The van der Waals surface area contributed by atoms with Gasteiger partial charge >= 0.3 is 0 Å². The number of carbonyl (C=O) groups is 1. The average molecular weight is 436 g/mol. The molecule has 3 aromatic rings. The van der Waals surface area contributed by atoms with Crippen molar-refractivity contribution in [3.63, 3.8) is 0 Å². The lowest BCUT2D eigenvalue weighted by Crippen LogP contribution is -2.60. The molecule has 0 atom stereocenters. The van der Waals surface area contributed by atoms with E-state index >= 15 is 0 Å². The highest BCUT2D eigenvalue weighted by atomic mass is 16.2. The Labute approximate surface area is 187 Å². The van der Waals surface area contributed by atoms with Crippen molar-refractivity contribution in [2.24, 2.45) is 0 Å². The third kappa shape index (κ3) is 3.63. The van der Waals surface area contributed by atoms with Gasteiger partial charge in [-0.3, -0.25) is 4.79 Å². The van der Waals surface area contributed by atoms with Crippen molar-refractivity contribution in [1.29, 1.82) is 0 Å². The van der Waals surface area contributed by atoms with Crippen molar-refractivity contribution in [3.8, 4) is 0 Å². The minimum absolute atomic E-state index is 0.100. The Balaban J connectivity index is 1.24. The topological polar surface area (TPSA) is 95.7 Å². The van der Waals surface area contributed by atoms with E-state index in [1.165, 1.54) is 12.8 Å². The van der Waals surface area contributed by atoms with Crippen LogP contribution in [-0.2, 0) is 5.41 Å². The summed E-state index contributed by atoms with van der Waals surface area (Å²) in [7, 11) is 1.83. The minimum Gasteiger partial charge on any atom is -0.355 e. The van der Waals surface area contributed by atoms with Gasteiger partial charge in [0, 0.05) is 38.6 Å². The van der Waals surface area contributed by atoms with E-state index in [1.807, 2.05) is 29.8 Å². The number of aromatic nitrogens is 6. The van der Waals surface area contributed by atoms with Crippen molar-refractivity contribution in [3.05, 3.63) is 35.8 Å². The summed E-state index contributed by atoms with van der Waals surface area (Å²) < 4.78 is 1.81. The van der Waals surface area contributed by atoms with E-state index in [2.05, 4.69) is 51.0 Å². The predicted octanol–water partition coefficient (Wildman–Crippen LogP) is 1.77. The number of fused-ring (bicyclic) bond motifs is 1. The van der Waals surface area contributed by atoms with Crippen molar-refractivity contribution in [2.75, 3.05) is 43.0 Å². The molecule has 2 aliphatic heterocycles. The average Bonchev–Trinajstić information content (AvgIpc) is 3.41. The first-order valence-electron chi connectivity index (χ1n) is 11.1. The second-order valence-electron chi connectivity index (χ2n) is 9.68. The van der Waals surface area contributed by atoms with Gasteiger partial charge in [0.15, 0.2) is 23.0 Å². The fourth-order valence-electron chi connectivity index (χ4n) is 4.20. The summed E-state index contributed by atoms with van der Waals surface area (Å²) in [5, 5.41) is 21.8. The quantitative estimate of drug-likeness (QED) is 0.612. The number of likely N-dealkylation sites (N-methyl/N-ethyl adjacent to an activating group) is 1. The van der Waals surface area contributed by atoms with Gasteiger partial charge in [-0.25, -0.2) is 0 Å². The van der Waals surface area contributed by atoms with Gasteiger partial charge in [0.2, 0.25) is 0 Å². The summed E-state index contributed by atoms with van der Waals surface area (Å²) in [5.74, 6) is 2.43. The summed E-state index contributed by atoms with van der Waals surface area (Å²) in [6.45, 7) is 9.73. The van der Waals surface area contributed by atoms with E-state index in [0.717, 1.165) is 36.2 Å². The second kappa shape index (κ2) is 7.68. The van der Waals surface area contributed by atoms with Gasteiger partial charge in [-0.2, -0.15) is 4.52 Å². The Kier molecular flexibility index (Phi) is 4.94. The molecule has 0 spiro atoms. The zero-order valence-electron chi connectivity index (χ0n) is 19.1. The number of amides is 1. The second-order valence-corrected chi connectivity index (χ2v) is 9.68. The monoisotopic (exact) mass is 435 g/mol. The van der Waals surface area contributed by atoms with Gasteiger partial charge in [0.25, 0.3) is 5.91 Å². The molecule has 1 amide bonds. The summed E-state index contributed by atoms with van der Waals surface area (Å²) in [6, 6.07) is 7.67. The number of anilines is 2. The van der Waals surface area contributed by atoms with Crippen LogP contribution in [0.15, 0.2) is 24.3 Å². The molecule has 0 aliphatic carbocycles. The molecule has 10 nitrogen and oxygen atoms in total. The minimum atomic E-state index is -0.152. The van der Waals surface area contributed by atoms with E-state index in [1.54, 1.807) is 11.0 Å². The number of carbonyl (C=O) groups excluding carboxylic acids is 1. The molecule has 2 saturated heterocycles. The van der Waals surface area contributed by atoms with Crippen LogP contribution in [0.25, 0.3) is 5.65 Å². The molecule has 0 N–H and O–H groups in total. The van der Waals surface area contributed by atoms with Gasteiger partial charge in [-0.1, -0.05) is 20.8 Å². The van der Waals surface area contributed by atoms with Gasteiger partial charge in [-0.15, -0.1) is 25.5 Å². The van der Waals surface area contributed by atoms with Crippen molar-refractivity contribution < 1.29 is 4.79 Å². The molecular formula is C22H29N9O. The fraction of sp³-hybridized carbons (Fsp3) is 0.545. The smallest absolute Gasteiger partial charge is 0.274 e. The lowest BCUT2D eigenvalue weighted by molar-refractivity contribution is 0.0698. The first-order chi connectivity index (χ1) is 15.3. The number of hydrogen-bond acceptors (Lipinski definition) is 8. The number of hydrogen-bond donors (Lipinski definition) is 0. The van der Waals surface area contributed by atoms with Crippen molar-refractivity contribution in [1.82, 2.24) is 34.9 Å². The van der Waals surface area contributed by atoms with Gasteiger partial charge in [-0.05, 0) is 37.1 Å². The molecule has 2 fully saturated rings. The maximum absolute atomic E-state index is 12.9. The maximum Gasteiger partial charge on any atom is 0.274 e. The zero-order valence-corrected chi connectivity index (χ0v) is 19.1. The molecule has 168 valence electrons. The molecule has 32 heavy (non-hydrogen) atoms. The largest absolute Gasteiger partial charge is 0.355 e. The Morgan fingerprint density at radius 2 is 1.66 bits per heavy atom. The van der Waals surface area contributed by atoms with Crippen LogP contribution in [0.3, 0.4) is 0 Å². The molecule has 5 heterocycles. The Hall–Kier alpha value is -3.30. The molecule has 3 aromatic heterocycles. The standard InChI is InChI=1S/C22H29N9O/c1-22(2,3)21-26-25-18-9-10-19(27-31(18)21)30-13-15(14-30)28(4)20(32)16-7-8-17(24-23-16)29-11-5-6-12-29/h7-10,15H,5-6,11-14H2,1-4H3. The summed E-state index contributed by atoms with van der Waals surface area (Å²) in [6.07, 6.45) is 2.36. The van der Waals surface area contributed by atoms with E-state index in [4.69, 9.17) is 5.10 Å². The van der Waals surface area contributed by atoms with Crippen LogP contribution in [0.1, 0.15) is 49.9 Å². The number of rotatable bonds is 4. The zero-order chi connectivity index (χ0) is 22.5. The van der Waals surface area contributed by atoms with E-state index < -0.39 is 0 Å². The van der Waals surface area contributed by atoms with Gasteiger partial charge in [0.1, 0.15) is 5.82 Å². The van der Waals surface area contributed by atoms with Crippen LogP contribution < -0.4 is 9.80 Å². The van der Waals surface area contributed by atoms with E-state index in [9.17, 15) is 4.79 Å².